The van der Waals surface area contributed by atoms with Gasteiger partial charge in [0.05, 0.1) is 19.6 Å². The second-order valence-corrected chi connectivity index (χ2v) is 6.86. The lowest BCUT2D eigenvalue weighted by molar-refractivity contribution is -0.146. The highest BCUT2D eigenvalue weighted by atomic mass is 16.5. The van der Waals surface area contributed by atoms with E-state index in [-0.39, 0.29) is 12.1 Å². The zero-order valence-electron chi connectivity index (χ0n) is 16.4. The molecule has 28 heavy (non-hydrogen) atoms. The topological polar surface area (TPSA) is 94.1 Å². The van der Waals surface area contributed by atoms with Crippen LogP contribution in [0.25, 0.3) is 0 Å². The van der Waals surface area contributed by atoms with Gasteiger partial charge in [-0.2, -0.15) is 0 Å². The second kappa shape index (κ2) is 9.12. The standard InChI is InChI=1S/C21H25NO6/c1-21(2,20(24)25)13-22-19(23)15-10-16(26-3)18(17(11-15)27-4)28-12-14-8-6-5-7-9-14/h5-11H,12-13H2,1-4H3,(H,22,23)(H,24,25). The summed E-state index contributed by atoms with van der Waals surface area (Å²) in [5.74, 6) is -0.347. The molecule has 0 aliphatic rings. The summed E-state index contributed by atoms with van der Waals surface area (Å²) in [6.45, 7) is 3.37. The van der Waals surface area contributed by atoms with Crippen LogP contribution in [0.3, 0.4) is 0 Å². The summed E-state index contributed by atoms with van der Waals surface area (Å²) < 4.78 is 16.6. The molecule has 0 spiro atoms. The van der Waals surface area contributed by atoms with Crippen LogP contribution in [0.15, 0.2) is 42.5 Å². The van der Waals surface area contributed by atoms with Crippen molar-refractivity contribution in [2.45, 2.75) is 20.5 Å². The molecule has 2 rings (SSSR count). The number of aliphatic carboxylic acids is 1. The molecule has 0 bridgehead atoms. The Morgan fingerprint density at radius 3 is 2.11 bits per heavy atom. The Morgan fingerprint density at radius 1 is 1.04 bits per heavy atom. The molecule has 150 valence electrons. The van der Waals surface area contributed by atoms with Gasteiger partial charge < -0.3 is 24.6 Å². The van der Waals surface area contributed by atoms with Crippen molar-refractivity contribution in [1.29, 1.82) is 0 Å². The number of carboxylic acids is 1. The normalized spacial score (nSPS) is 10.9. The van der Waals surface area contributed by atoms with E-state index in [1.165, 1.54) is 40.2 Å². The van der Waals surface area contributed by atoms with Crippen molar-refractivity contribution < 1.29 is 28.9 Å². The Kier molecular flexibility index (Phi) is 6.87. The molecule has 0 atom stereocenters. The highest BCUT2D eigenvalue weighted by Crippen LogP contribution is 2.39. The Labute approximate surface area is 164 Å². The van der Waals surface area contributed by atoms with Gasteiger partial charge in [-0.3, -0.25) is 9.59 Å². The van der Waals surface area contributed by atoms with Crippen LogP contribution in [-0.2, 0) is 11.4 Å². The Morgan fingerprint density at radius 2 is 1.61 bits per heavy atom. The molecule has 1 amide bonds. The summed E-state index contributed by atoms with van der Waals surface area (Å²) in [7, 11) is 2.94. The number of carbonyl (C=O) groups excluding carboxylic acids is 1. The van der Waals surface area contributed by atoms with Gasteiger partial charge in [-0.25, -0.2) is 0 Å². The Balaban J connectivity index is 2.21. The molecule has 0 unspecified atom stereocenters. The van der Waals surface area contributed by atoms with E-state index >= 15 is 0 Å². The lowest BCUT2D eigenvalue weighted by Crippen LogP contribution is -2.38. The molecule has 0 aromatic heterocycles. The average Bonchev–Trinajstić information content (AvgIpc) is 2.70. The fourth-order valence-electron chi connectivity index (χ4n) is 2.36. The summed E-state index contributed by atoms with van der Waals surface area (Å²) >= 11 is 0. The van der Waals surface area contributed by atoms with Crippen LogP contribution < -0.4 is 19.5 Å². The number of hydrogen-bond acceptors (Lipinski definition) is 5. The van der Waals surface area contributed by atoms with E-state index in [1.54, 1.807) is 0 Å². The zero-order chi connectivity index (χ0) is 20.7. The fourth-order valence-corrected chi connectivity index (χ4v) is 2.36. The van der Waals surface area contributed by atoms with E-state index < -0.39 is 17.3 Å². The van der Waals surface area contributed by atoms with Crippen molar-refractivity contribution in [2.75, 3.05) is 20.8 Å². The molecule has 2 aromatic rings. The van der Waals surface area contributed by atoms with Crippen LogP contribution in [-0.4, -0.2) is 37.7 Å². The van der Waals surface area contributed by atoms with Crippen molar-refractivity contribution in [3.8, 4) is 17.2 Å². The summed E-state index contributed by atoms with van der Waals surface area (Å²) in [4.78, 5) is 23.7. The van der Waals surface area contributed by atoms with Crippen LogP contribution in [0.5, 0.6) is 17.2 Å². The Bertz CT molecular complexity index is 807. The lowest BCUT2D eigenvalue weighted by atomic mass is 9.94. The third kappa shape index (κ3) is 5.16. The molecule has 0 saturated carbocycles. The largest absolute Gasteiger partial charge is 0.493 e. The summed E-state index contributed by atoms with van der Waals surface area (Å²) in [5.41, 5.74) is 0.175. The van der Waals surface area contributed by atoms with Crippen molar-refractivity contribution in [1.82, 2.24) is 5.32 Å². The van der Waals surface area contributed by atoms with Gasteiger partial charge in [0.1, 0.15) is 6.61 Å². The molecule has 0 aliphatic carbocycles. The third-order valence-electron chi connectivity index (χ3n) is 4.22. The zero-order valence-corrected chi connectivity index (χ0v) is 16.4. The smallest absolute Gasteiger partial charge is 0.310 e. The molecule has 7 nitrogen and oxygen atoms in total. The first-order chi connectivity index (χ1) is 13.3. The number of carbonyl (C=O) groups is 2. The van der Waals surface area contributed by atoms with Gasteiger partial charge in [0.15, 0.2) is 11.5 Å². The molecule has 0 aliphatic heterocycles. The van der Waals surface area contributed by atoms with Crippen molar-refractivity contribution >= 4 is 11.9 Å². The number of rotatable bonds is 9. The minimum Gasteiger partial charge on any atom is -0.493 e. The van der Waals surface area contributed by atoms with E-state index in [0.29, 0.717) is 23.9 Å². The number of hydrogen-bond donors (Lipinski definition) is 2. The van der Waals surface area contributed by atoms with Gasteiger partial charge in [0.25, 0.3) is 5.91 Å². The van der Waals surface area contributed by atoms with Crippen LogP contribution in [0.2, 0.25) is 0 Å². The molecule has 2 aromatic carbocycles. The quantitative estimate of drug-likeness (QED) is 0.687. The number of nitrogens with one attached hydrogen (secondary N) is 1. The van der Waals surface area contributed by atoms with Crippen LogP contribution >= 0.6 is 0 Å². The molecule has 0 saturated heterocycles. The van der Waals surface area contributed by atoms with E-state index in [1.807, 2.05) is 30.3 Å². The highest BCUT2D eigenvalue weighted by Gasteiger charge is 2.28. The van der Waals surface area contributed by atoms with E-state index in [4.69, 9.17) is 14.2 Å². The van der Waals surface area contributed by atoms with Crippen LogP contribution in [0.1, 0.15) is 29.8 Å². The van der Waals surface area contributed by atoms with Crippen LogP contribution in [0.4, 0.5) is 0 Å². The second-order valence-electron chi connectivity index (χ2n) is 6.86. The molecular formula is C21H25NO6. The molecule has 7 heteroatoms. The summed E-state index contributed by atoms with van der Waals surface area (Å²) in [6.07, 6.45) is 0. The van der Waals surface area contributed by atoms with E-state index in [9.17, 15) is 14.7 Å². The van der Waals surface area contributed by atoms with Gasteiger partial charge >= 0.3 is 5.97 Å². The van der Waals surface area contributed by atoms with Gasteiger partial charge in [-0.1, -0.05) is 30.3 Å². The van der Waals surface area contributed by atoms with Crippen LogP contribution in [0, 0.1) is 5.41 Å². The first-order valence-electron chi connectivity index (χ1n) is 8.73. The maximum absolute atomic E-state index is 12.5. The lowest BCUT2D eigenvalue weighted by Gasteiger charge is -2.20. The maximum atomic E-state index is 12.5. The number of methoxy groups -OCH3 is 2. The maximum Gasteiger partial charge on any atom is 0.310 e. The van der Waals surface area contributed by atoms with Gasteiger partial charge in [0, 0.05) is 12.1 Å². The number of carboxylic acid groups (broad SMARTS) is 1. The van der Waals surface area contributed by atoms with Crippen molar-refractivity contribution in [3.05, 3.63) is 53.6 Å². The third-order valence-corrected chi connectivity index (χ3v) is 4.22. The molecular weight excluding hydrogens is 362 g/mol. The predicted octanol–water partition coefficient (Wildman–Crippen LogP) is 3.12. The van der Waals surface area contributed by atoms with E-state index in [0.717, 1.165) is 5.56 Å². The number of amides is 1. The molecule has 0 heterocycles. The Hall–Kier alpha value is -3.22. The van der Waals surface area contributed by atoms with Crippen molar-refractivity contribution in [3.63, 3.8) is 0 Å². The van der Waals surface area contributed by atoms with E-state index in [2.05, 4.69) is 5.32 Å². The first-order valence-corrected chi connectivity index (χ1v) is 8.73. The summed E-state index contributed by atoms with van der Waals surface area (Å²) in [6, 6.07) is 12.7. The minimum atomic E-state index is -1.08. The molecule has 0 fully saturated rings. The molecule has 0 radical (unpaired) electrons. The average molecular weight is 387 g/mol. The number of benzene rings is 2. The fraction of sp³-hybridized carbons (Fsp3) is 0.333. The SMILES string of the molecule is COc1cc(C(=O)NCC(C)(C)C(=O)O)cc(OC)c1OCc1ccccc1. The van der Waals surface area contributed by atoms with Crippen molar-refractivity contribution in [2.24, 2.45) is 5.41 Å². The monoisotopic (exact) mass is 387 g/mol. The number of ether oxygens (including phenoxy) is 3. The molecule has 2 N–H and O–H groups in total. The summed E-state index contributed by atoms with van der Waals surface area (Å²) in [5, 5.41) is 11.8. The van der Waals surface area contributed by atoms with Gasteiger partial charge in [0.2, 0.25) is 5.75 Å². The van der Waals surface area contributed by atoms with Gasteiger partial charge in [-0.15, -0.1) is 0 Å². The highest BCUT2D eigenvalue weighted by molar-refractivity contribution is 5.96. The van der Waals surface area contributed by atoms with Gasteiger partial charge in [-0.05, 0) is 31.5 Å². The minimum absolute atomic E-state index is 0.0158. The predicted molar refractivity (Wildman–Crippen MR) is 104 cm³/mol. The first kappa shape index (κ1) is 21.1.